The molecule has 0 aliphatic rings. The fourth-order valence-corrected chi connectivity index (χ4v) is 3.14. The molecule has 2 rings (SSSR count). The molecule has 0 aliphatic heterocycles. The van der Waals surface area contributed by atoms with Gasteiger partial charge in [0.25, 0.3) is 5.91 Å². The summed E-state index contributed by atoms with van der Waals surface area (Å²) < 4.78 is 4.76. The summed E-state index contributed by atoms with van der Waals surface area (Å²) >= 11 is 0. The van der Waals surface area contributed by atoms with E-state index in [1.807, 2.05) is 63.2 Å². The van der Waals surface area contributed by atoms with Gasteiger partial charge in [-0.3, -0.25) is 4.79 Å². The molecule has 0 spiro atoms. The number of aryl methyl sites for hydroxylation is 3. The van der Waals surface area contributed by atoms with Gasteiger partial charge < -0.3 is 20.7 Å². The van der Waals surface area contributed by atoms with E-state index in [9.17, 15) is 14.4 Å². The summed E-state index contributed by atoms with van der Waals surface area (Å²) in [5, 5.41) is 7.96. The van der Waals surface area contributed by atoms with E-state index in [4.69, 9.17) is 4.74 Å². The fraction of sp³-hybridized carbons (Fsp3) is 0.318. The number of esters is 1. The van der Waals surface area contributed by atoms with Gasteiger partial charge in [-0.2, -0.15) is 0 Å². The van der Waals surface area contributed by atoms with Gasteiger partial charge in [-0.15, -0.1) is 0 Å². The van der Waals surface area contributed by atoms with E-state index in [0.717, 1.165) is 22.3 Å². The van der Waals surface area contributed by atoms with Crippen LogP contribution in [0.15, 0.2) is 42.5 Å². The van der Waals surface area contributed by atoms with Crippen LogP contribution >= 0.6 is 0 Å². The molecule has 29 heavy (non-hydrogen) atoms. The molecule has 0 fully saturated rings. The summed E-state index contributed by atoms with van der Waals surface area (Å²) in [6.07, 6.45) is 0. The largest absolute Gasteiger partial charge is 0.467 e. The summed E-state index contributed by atoms with van der Waals surface area (Å²) in [6.45, 7) is 5.90. The Balaban J connectivity index is 1.98. The number of amides is 3. The Hall–Kier alpha value is -3.35. The number of urea groups is 1. The van der Waals surface area contributed by atoms with E-state index in [1.165, 1.54) is 7.11 Å². The monoisotopic (exact) mass is 397 g/mol. The highest BCUT2D eigenvalue weighted by Gasteiger charge is 2.24. The first-order chi connectivity index (χ1) is 13.8. The Labute approximate surface area is 170 Å². The third-order valence-electron chi connectivity index (χ3n) is 4.46. The summed E-state index contributed by atoms with van der Waals surface area (Å²) in [7, 11) is 1.24. The Morgan fingerprint density at radius 1 is 0.966 bits per heavy atom. The van der Waals surface area contributed by atoms with Gasteiger partial charge in [-0.1, -0.05) is 48.0 Å². The second-order valence-corrected chi connectivity index (χ2v) is 6.87. The number of carbonyl (C=O) groups excluding carboxylic acids is 3. The zero-order valence-electron chi connectivity index (χ0n) is 17.2. The zero-order chi connectivity index (χ0) is 21.4. The van der Waals surface area contributed by atoms with Gasteiger partial charge in [-0.05, 0) is 37.5 Å². The number of methoxy groups -OCH3 is 1. The standard InChI is InChI=1S/C22H27N3O4/c1-14-10-15(2)19(16(3)11-14)20(26)25-18(21(27)29-4)13-24-22(28)23-12-17-8-6-5-7-9-17/h5-11,18H,12-13H2,1-4H3,(H,25,26)(H2,23,24,28)/t18-/m0/s1. The van der Waals surface area contributed by atoms with Crippen LogP contribution in [0.3, 0.4) is 0 Å². The first-order valence-corrected chi connectivity index (χ1v) is 9.34. The maximum atomic E-state index is 12.7. The highest BCUT2D eigenvalue weighted by Crippen LogP contribution is 2.16. The van der Waals surface area contributed by atoms with Crippen molar-refractivity contribution in [1.82, 2.24) is 16.0 Å². The highest BCUT2D eigenvalue weighted by atomic mass is 16.5. The summed E-state index contributed by atoms with van der Waals surface area (Å²) in [5.41, 5.74) is 4.15. The molecule has 0 saturated carbocycles. The summed E-state index contributed by atoms with van der Waals surface area (Å²) in [5.74, 6) is -1.02. The van der Waals surface area contributed by atoms with Gasteiger partial charge in [-0.25, -0.2) is 9.59 Å². The van der Waals surface area contributed by atoms with Crippen molar-refractivity contribution in [3.8, 4) is 0 Å². The molecule has 0 heterocycles. The molecule has 0 bridgehead atoms. The van der Waals surface area contributed by atoms with Crippen molar-refractivity contribution in [2.24, 2.45) is 0 Å². The normalized spacial score (nSPS) is 11.3. The molecule has 2 aromatic carbocycles. The number of rotatable bonds is 7. The third kappa shape index (κ3) is 6.34. The second-order valence-electron chi connectivity index (χ2n) is 6.87. The predicted octanol–water partition coefficient (Wildman–Crippen LogP) is 2.38. The number of nitrogens with one attached hydrogen (secondary N) is 3. The smallest absolute Gasteiger partial charge is 0.330 e. The number of hydrogen-bond acceptors (Lipinski definition) is 4. The SMILES string of the molecule is COC(=O)[C@H](CNC(=O)NCc1ccccc1)NC(=O)c1c(C)cc(C)cc1C. The lowest BCUT2D eigenvalue weighted by Gasteiger charge is -2.19. The first-order valence-electron chi connectivity index (χ1n) is 9.34. The van der Waals surface area contributed by atoms with Crippen LogP contribution < -0.4 is 16.0 Å². The van der Waals surface area contributed by atoms with Crippen molar-refractivity contribution in [1.29, 1.82) is 0 Å². The van der Waals surface area contributed by atoms with E-state index < -0.39 is 18.0 Å². The molecule has 7 nitrogen and oxygen atoms in total. The van der Waals surface area contributed by atoms with Gasteiger partial charge in [0.05, 0.1) is 13.7 Å². The van der Waals surface area contributed by atoms with Crippen LogP contribution in [0.5, 0.6) is 0 Å². The van der Waals surface area contributed by atoms with Crippen molar-refractivity contribution in [3.63, 3.8) is 0 Å². The third-order valence-corrected chi connectivity index (χ3v) is 4.46. The van der Waals surface area contributed by atoms with Crippen molar-refractivity contribution >= 4 is 17.9 Å². The van der Waals surface area contributed by atoms with Crippen molar-refractivity contribution < 1.29 is 19.1 Å². The topological polar surface area (TPSA) is 96.5 Å². The molecule has 0 saturated heterocycles. The molecule has 0 radical (unpaired) electrons. The lowest BCUT2D eigenvalue weighted by Crippen LogP contribution is -2.50. The van der Waals surface area contributed by atoms with Crippen LogP contribution in [-0.4, -0.2) is 37.6 Å². The number of hydrogen-bond donors (Lipinski definition) is 3. The molecule has 154 valence electrons. The molecule has 2 aromatic rings. The molecule has 0 aliphatic carbocycles. The van der Waals surface area contributed by atoms with Gasteiger partial charge in [0.2, 0.25) is 0 Å². The minimum Gasteiger partial charge on any atom is -0.467 e. The molecular formula is C22H27N3O4. The molecule has 0 aromatic heterocycles. The molecule has 0 unspecified atom stereocenters. The minimum atomic E-state index is -1.00. The van der Waals surface area contributed by atoms with Crippen molar-refractivity contribution in [2.75, 3.05) is 13.7 Å². The van der Waals surface area contributed by atoms with Crippen LogP contribution in [0.4, 0.5) is 4.79 Å². The van der Waals surface area contributed by atoms with Crippen molar-refractivity contribution in [2.45, 2.75) is 33.4 Å². The van der Waals surface area contributed by atoms with Crippen LogP contribution in [0.25, 0.3) is 0 Å². The van der Waals surface area contributed by atoms with Crippen molar-refractivity contribution in [3.05, 3.63) is 70.3 Å². The molecule has 1 atom stereocenters. The van der Waals surface area contributed by atoms with Gasteiger partial charge in [0.15, 0.2) is 0 Å². The molecule has 3 N–H and O–H groups in total. The Bertz CT molecular complexity index is 858. The Morgan fingerprint density at radius 2 is 1.59 bits per heavy atom. The Kier molecular flexibility index (Phi) is 7.77. The first kappa shape index (κ1) is 21.9. The van der Waals surface area contributed by atoms with Gasteiger partial charge >= 0.3 is 12.0 Å². The van der Waals surface area contributed by atoms with Crippen LogP contribution in [0.2, 0.25) is 0 Å². The second kappa shape index (κ2) is 10.3. The average Bonchev–Trinajstić information content (AvgIpc) is 2.68. The van der Waals surface area contributed by atoms with E-state index in [-0.39, 0.29) is 12.5 Å². The Morgan fingerprint density at radius 3 is 2.17 bits per heavy atom. The predicted molar refractivity (Wildman–Crippen MR) is 111 cm³/mol. The van der Waals surface area contributed by atoms with E-state index in [0.29, 0.717) is 12.1 Å². The quantitative estimate of drug-likeness (QED) is 0.625. The maximum Gasteiger partial charge on any atom is 0.330 e. The van der Waals surface area contributed by atoms with E-state index >= 15 is 0 Å². The highest BCUT2D eigenvalue weighted by molar-refractivity contribution is 5.99. The lowest BCUT2D eigenvalue weighted by atomic mass is 9.99. The summed E-state index contributed by atoms with van der Waals surface area (Å²) in [6, 6.07) is 11.8. The van der Waals surface area contributed by atoms with Gasteiger partial charge in [0.1, 0.15) is 6.04 Å². The van der Waals surface area contributed by atoms with Crippen LogP contribution in [-0.2, 0) is 16.1 Å². The average molecular weight is 397 g/mol. The molecule has 7 heteroatoms. The maximum absolute atomic E-state index is 12.7. The fourth-order valence-electron chi connectivity index (χ4n) is 3.14. The summed E-state index contributed by atoms with van der Waals surface area (Å²) in [4.78, 5) is 36.9. The number of carbonyl (C=O) groups is 3. The van der Waals surface area contributed by atoms with Gasteiger partial charge in [0, 0.05) is 12.1 Å². The lowest BCUT2D eigenvalue weighted by molar-refractivity contribution is -0.142. The number of ether oxygens (including phenoxy) is 1. The minimum absolute atomic E-state index is 0.0943. The number of benzene rings is 2. The zero-order valence-corrected chi connectivity index (χ0v) is 17.2. The molecule has 3 amide bonds. The van der Waals surface area contributed by atoms with E-state index in [2.05, 4.69) is 16.0 Å². The van der Waals surface area contributed by atoms with Crippen LogP contribution in [0.1, 0.15) is 32.6 Å². The molecular weight excluding hydrogens is 370 g/mol. The van der Waals surface area contributed by atoms with Crippen LogP contribution in [0, 0.1) is 20.8 Å². The van der Waals surface area contributed by atoms with E-state index in [1.54, 1.807) is 0 Å².